The number of benzene rings is 2. The van der Waals surface area contributed by atoms with Crippen LogP contribution in [0.3, 0.4) is 0 Å². The highest BCUT2D eigenvalue weighted by Gasteiger charge is 2.25. The number of rotatable bonds is 3. The molecule has 2 aromatic carbocycles. The van der Waals surface area contributed by atoms with E-state index < -0.39 is 10.0 Å². The number of hydrogen-bond acceptors (Lipinski definition) is 6. The van der Waals surface area contributed by atoms with E-state index in [-0.39, 0.29) is 4.90 Å². The van der Waals surface area contributed by atoms with Gasteiger partial charge in [-0.05, 0) is 30.3 Å². The third kappa shape index (κ3) is 2.32. The molecule has 6 nitrogen and oxygen atoms in total. The van der Waals surface area contributed by atoms with Gasteiger partial charge in [0.15, 0.2) is 0 Å². The Bertz CT molecular complexity index is 905. The second kappa shape index (κ2) is 4.97. The van der Waals surface area contributed by atoms with Crippen molar-refractivity contribution in [3.8, 4) is 0 Å². The van der Waals surface area contributed by atoms with Gasteiger partial charge in [-0.25, -0.2) is 8.42 Å². The van der Waals surface area contributed by atoms with Crippen molar-refractivity contribution in [1.29, 1.82) is 0 Å². The van der Waals surface area contributed by atoms with Gasteiger partial charge < -0.3 is 5.73 Å². The first kappa shape index (κ1) is 13.8. The molecule has 0 bridgehead atoms. The molecular weight excluding hydrogens is 308 g/mol. The zero-order valence-electron chi connectivity index (χ0n) is 11.1. The quantitative estimate of drug-likeness (QED) is 0.746. The summed E-state index contributed by atoms with van der Waals surface area (Å²) in [7, 11) is -2.23. The van der Waals surface area contributed by atoms with E-state index in [9.17, 15) is 8.42 Å². The minimum Gasteiger partial charge on any atom is -0.399 e. The summed E-state index contributed by atoms with van der Waals surface area (Å²) >= 11 is 0.990. The molecule has 3 aromatic rings. The van der Waals surface area contributed by atoms with Crippen LogP contribution >= 0.6 is 11.7 Å². The Kier molecular flexibility index (Phi) is 3.26. The molecule has 0 atom stereocenters. The smallest absolute Gasteiger partial charge is 0.266 e. The molecule has 0 radical (unpaired) electrons. The number of nitrogens with zero attached hydrogens (tertiary/aromatic N) is 3. The molecule has 0 saturated carbocycles. The highest BCUT2D eigenvalue weighted by atomic mass is 32.2. The van der Waals surface area contributed by atoms with Crippen molar-refractivity contribution in [2.24, 2.45) is 0 Å². The minimum atomic E-state index is -3.72. The largest absolute Gasteiger partial charge is 0.399 e. The number of aromatic nitrogens is 2. The summed E-state index contributed by atoms with van der Waals surface area (Å²) in [6.45, 7) is 0. The van der Waals surface area contributed by atoms with Gasteiger partial charge in [-0.15, -0.1) is 0 Å². The topological polar surface area (TPSA) is 89.2 Å². The Morgan fingerprint density at radius 2 is 1.90 bits per heavy atom. The third-order valence-electron chi connectivity index (χ3n) is 3.12. The van der Waals surface area contributed by atoms with Crippen LogP contribution in [0.25, 0.3) is 11.0 Å². The zero-order chi connectivity index (χ0) is 15.0. The van der Waals surface area contributed by atoms with Gasteiger partial charge in [0.25, 0.3) is 10.0 Å². The van der Waals surface area contributed by atoms with Crippen LogP contribution in [-0.4, -0.2) is 24.2 Å². The number of nitrogen functional groups attached to an aromatic ring is 1. The molecule has 0 aliphatic carbocycles. The van der Waals surface area contributed by atoms with E-state index in [1.807, 2.05) is 0 Å². The maximum absolute atomic E-state index is 12.8. The molecule has 3 rings (SSSR count). The number of sulfonamides is 1. The highest BCUT2D eigenvalue weighted by Crippen LogP contribution is 2.27. The lowest BCUT2D eigenvalue weighted by molar-refractivity contribution is 0.595. The summed E-state index contributed by atoms with van der Waals surface area (Å²) in [5, 5.41) is 0. The van der Waals surface area contributed by atoms with Crippen molar-refractivity contribution in [1.82, 2.24) is 8.75 Å². The number of nitrogens with two attached hydrogens (primary N) is 1. The molecule has 0 unspecified atom stereocenters. The van der Waals surface area contributed by atoms with Crippen LogP contribution in [0.1, 0.15) is 0 Å². The monoisotopic (exact) mass is 320 g/mol. The Hall–Kier alpha value is -2.19. The van der Waals surface area contributed by atoms with Gasteiger partial charge in [-0.3, -0.25) is 4.31 Å². The van der Waals surface area contributed by atoms with E-state index in [0.29, 0.717) is 22.4 Å². The molecule has 0 amide bonds. The predicted molar refractivity (Wildman–Crippen MR) is 83.9 cm³/mol. The van der Waals surface area contributed by atoms with E-state index in [1.54, 1.807) is 36.4 Å². The molecule has 0 spiro atoms. The van der Waals surface area contributed by atoms with Crippen LogP contribution in [0.4, 0.5) is 11.4 Å². The van der Waals surface area contributed by atoms with E-state index in [4.69, 9.17) is 5.73 Å². The molecule has 21 heavy (non-hydrogen) atoms. The summed E-state index contributed by atoms with van der Waals surface area (Å²) in [6, 6.07) is 11.6. The highest BCUT2D eigenvalue weighted by molar-refractivity contribution is 7.93. The van der Waals surface area contributed by atoms with Crippen molar-refractivity contribution < 1.29 is 8.42 Å². The lowest BCUT2D eigenvalue weighted by Crippen LogP contribution is -2.26. The predicted octanol–water partition coefficient (Wildman–Crippen LogP) is 2.10. The van der Waals surface area contributed by atoms with Gasteiger partial charge in [0.1, 0.15) is 15.9 Å². The van der Waals surface area contributed by atoms with Gasteiger partial charge in [0, 0.05) is 12.7 Å². The maximum Gasteiger partial charge on any atom is 0.266 e. The molecule has 8 heteroatoms. The molecule has 0 aliphatic rings. The van der Waals surface area contributed by atoms with Gasteiger partial charge in [-0.2, -0.15) is 8.75 Å². The molecule has 2 N–H and O–H groups in total. The van der Waals surface area contributed by atoms with Crippen molar-refractivity contribution in [3.63, 3.8) is 0 Å². The standard InChI is InChI=1S/C13H12N4O2S2/c1-17(10-5-2-4-9(14)8-10)21(18,19)12-7-3-6-11-13(12)16-20-15-11/h2-8H,14H2,1H3. The van der Waals surface area contributed by atoms with E-state index in [1.165, 1.54) is 17.4 Å². The zero-order valence-corrected chi connectivity index (χ0v) is 12.7. The van der Waals surface area contributed by atoms with Gasteiger partial charge >= 0.3 is 0 Å². The summed E-state index contributed by atoms with van der Waals surface area (Å²) in [5.41, 5.74) is 7.67. The Morgan fingerprint density at radius 3 is 2.67 bits per heavy atom. The Labute approximate surface area is 126 Å². The molecule has 0 saturated heterocycles. The Balaban J connectivity index is 2.14. The van der Waals surface area contributed by atoms with E-state index in [0.717, 1.165) is 11.7 Å². The number of fused-ring (bicyclic) bond motifs is 1. The van der Waals surface area contributed by atoms with Crippen LogP contribution in [-0.2, 0) is 10.0 Å². The fraction of sp³-hybridized carbons (Fsp3) is 0.0769. The number of hydrogen-bond donors (Lipinski definition) is 1. The van der Waals surface area contributed by atoms with Crippen LogP contribution in [0.5, 0.6) is 0 Å². The minimum absolute atomic E-state index is 0.138. The summed E-state index contributed by atoms with van der Waals surface area (Å²) in [4.78, 5) is 0.138. The van der Waals surface area contributed by atoms with Crippen molar-refractivity contribution >= 4 is 44.2 Å². The fourth-order valence-corrected chi connectivity index (χ4v) is 3.94. The molecule has 1 heterocycles. The van der Waals surface area contributed by atoms with Crippen molar-refractivity contribution in [3.05, 3.63) is 42.5 Å². The van der Waals surface area contributed by atoms with E-state index in [2.05, 4.69) is 8.75 Å². The second-order valence-electron chi connectivity index (χ2n) is 4.46. The van der Waals surface area contributed by atoms with Crippen molar-refractivity contribution in [2.75, 3.05) is 17.1 Å². The molecule has 1 aromatic heterocycles. The summed E-state index contributed by atoms with van der Waals surface area (Å²) in [6.07, 6.45) is 0. The SMILES string of the molecule is CN(c1cccc(N)c1)S(=O)(=O)c1cccc2nsnc12. The molecular formula is C13H12N4O2S2. The first-order valence-electron chi connectivity index (χ1n) is 6.06. The fourth-order valence-electron chi connectivity index (χ4n) is 2.00. The van der Waals surface area contributed by atoms with Gasteiger partial charge in [0.2, 0.25) is 0 Å². The van der Waals surface area contributed by atoms with Crippen molar-refractivity contribution in [2.45, 2.75) is 4.90 Å². The second-order valence-corrected chi connectivity index (χ2v) is 6.92. The first-order valence-corrected chi connectivity index (χ1v) is 8.23. The summed E-state index contributed by atoms with van der Waals surface area (Å²) < 4.78 is 34.9. The van der Waals surface area contributed by atoms with Gasteiger partial charge in [0.05, 0.1) is 17.4 Å². The van der Waals surface area contributed by atoms with Crippen LogP contribution in [0.15, 0.2) is 47.4 Å². The maximum atomic E-state index is 12.8. The lowest BCUT2D eigenvalue weighted by Gasteiger charge is -2.19. The number of anilines is 2. The molecule has 0 aliphatic heterocycles. The average Bonchev–Trinajstić information content (AvgIpc) is 2.94. The molecule has 108 valence electrons. The summed E-state index contributed by atoms with van der Waals surface area (Å²) in [5.74, 6) is 0. The van der Waals surface area contributed by atoms with Crippen LogP contribution in [0, 0.1) is 0 Å². The van der Waals surface area contributed by atoms with E-state index >= 15 is 0 Å². The molecule has 0 fully saturated rings. The Morgan fingerprint density at radius 1 is 1.14 bits per heavy atom. The normalized spacial score (nSPS) is 11.7. The van der Waals surface area contributed by atoms with Gasteiger partial charge in [-0.1, -0.05) is 12.1 Å². The van der Waals surface area contributed by atoms with Crippen LogP contribution < -0.4 is 10.0 Å². The lowest BCUT2D eigenvalue weighted by atomic mass is 10.3. The first-order chi connectivity index (χ1) is 10.00. The third-order valence-corrected chi connectivity index (χ3v) is 5.48. The average molecular weight is 320 g/mol. The van der Waals surface area contributed by atoms with Crippen LogP contribution in [0.2, 0.25) is 0 Å².